The molecule has 1 aliphatic heterocycles. The summed E-state index contributed by atoms with van der Waals surface area (Å²) in [6.07, 6.45) is 4.71. The van der Waals surface area contributed by atoms with Crippen molar-refractivity contribution in [2.24, 2.45) is 7.05 Å². The fraction of sp³-hybridized carbons (Fsp3) is 0.357. The minimum atomic E-state index is -0.204. The maximum Gasteiger partial charge on any atom is 0.250 e. The molecule has 0 aliphatic carbocycles. The summed E-state index contributed by atoms with van der Waals surface area (Å²) < 4.78 is 1.58. The first kappa shape index (κ1) is 23.0. The molecular weight excluding hydrogens is 412 g/mol. The van der Waals surface area contributed by atoms with Crippen molar-refractivity contribution < 1.29 is 9.90 Å². The minimum Gasteiger partial charge on any atom is -0.396 e. The van der Waals surface area contributed by atoms with Gasteiger partial charge in [0.2, 0.25) is 11.5 Å². The van der Waals surface area contributed by atoms with Crippen molar-refractivity contribution in [3.8, 4) is 11.1 Å². The molecule has 1 fully saturated rings. The summed E-state index contributed by atoms with van der Waals surface area (Å²) in [4.78, 5) is 27.0. The molecular formula is C28H32N2O3. The van der Waals surface area contributed by atoms with E-state index in [0.717, 1.165) is 29.5 Å². The van der Waals surface area contributed by atoms with Gasteiger partial charge >= 0.3 is 0 Å². The number of aliphatic hydroxyl groups is 1. The standard InChI is InChI=1S/C28H32N2O3/c1-21(22-9-11-23(12-10-22)24-13-14-26(32)29(2)20-24)30-17-16-28(15-6-18-31,19-27(30)33)25-7-4-3-5-8-25/h3-5,7-14,20-21,31H,6,15-19H2,1-2H3/t21-,28-/m0/s1. The van der Waals surface area contributed by atoms with E-state index in [1.807, 2.05) is 35.4 Å². The van der Waals surface area contributed by atoms with E-state index < -0.39 is 0 Å². The van der Waals surface area contributed by atoms with Gasteiger partial charge in [-0.1, -0.05) is 54.6 Å². The van der Waals surface area contributed by atoms with Crippen LogP contribution in [0.2, 0.25) is 0 Å². The SMILES string of the molecule is C[C@@H](c1ccc(-c2ccc(=O)n(C)c2)cc1)N1CC[C@](CCCO)(c2ccccc2)CC1=O. The Morgan fingerprint density at radius 3 is 2.30 bits per heavy atom. The van der Waals surface area contributed by atoms with Gasteiger partial charge in [0, 0.05) is 44.3 Å². The zero-order valence-corrected chi connectivity index (χ0v) is 19.4. The molecule has 5 nitrogen and oxygen atoms in total. The van der Waals surface area contributed by atoms with Crippen LogP contribution in [-0.2, 0) is 17.3 Å². The molecule has 5 heteroatoms. The van der Waals surface area contributed by atoms with Crippen LogP contribution in [0.3, 0.4) is 0 Å². The number of hydrogen-bond donors (Lipinski definition) is 1. The molecule has 4 rings (SSSR count). The monoisotopic (exact) mass is 444 g/mol. The van der Waals surface area contributed by atoms with Crippen LogP contribution in [0.1, 0.15) is 49.8 Å². The summed E-state index contributed by atoms with van der Waals surface area (Å²) in [7, 11) is 1.75. The van der Waals surface area contributed by atoms with Gasteiger partial charge in [-0.2, -0.15) is 0 Å². The highest BCUT2D eigenvalue weighted by Crippen LogP contribution is 2.42. The van der Waals surface area contributed by atoms with E-state index in [1.54, 1.807) is 17.7 Å². The van der Waals surface area contributed by atoms with Crippen molar-refractivity contribution in [1.82, 2.24) is 9.47 Å². The van der Waals surface area contributed by atoms with Crippen molar-refractivity contribution >= 4 is 5.91 Å². The molecule has 1 aromatic heterocycles. The van der Waals surface area contributed by atoms with Gasteiger partial charge in [-0.25, -0.2) is 0 Å². The molecule has 1 saturated heterocycles. The summed E-state index contributed by atoms with van der Waals surface area (Å²) in [5.41, 5.74) is 4.09. The van der Waals surface area contributed by atoms with Gasteiger partial charge in [-0.05, 0) is 54.5 Å². The van der Waals surface area contributed by atoms with Crippen molar-refractivity contribution in [1.29, 1.82) is 0 Å². The number of aryl methyl sites for hydroxylation is 1. The number of pyridine rings is 1. The average Bonchev–Trinajstić information content (AvgIpc) is 2.85. The lowest BCUT2D eigenvalue weighted by Gasteiger charge is -2.44. The van der Waals surface area contributed by atoms with E-state index in [2.05, 4.69) is 43.3 Å². The number of benzene rings is 2. The Kier molecular flexibility index (Phi) is 6.80. The molecule has 2 atom stereocenters. The van der Waals surface area contributed by atoms with Gasteiger partial charge in [0.15, 0.2) is 0 Å². The van der Waals surface area contributed by atoms with E-state index in [9.17, 15) is 14.7 Å². The van der Waals surface area contributed by atoms with Gasteiger partial charge < -0.3 is 14.6 Å². The lowest BCUT2D eigenvalue weighted by atomic mass is 9.69. The van der Waals surface area contributed by atoms with E-state index in [4.69, 9.17) is 0 Å². The maximum atomic E-state index is 13.4. The first-order chi connectivity index (χ1) is 15.9. The fourth-order valence-corrected chi connectivity index (χ4v) is 5.06. The number of nitrogens with zero attached hydrogens (tertiary/aromatic N) is 2. The lowest BCUT2D eigenvalue weighted by molar-refractivity contribution is -0.138. The number of piperidine rings is 1. The fourth-order valence-electron chi connectivity index (χ4n) is 5.06. The summed E-state index contributed by atoms with van der Waals surface area (Å²) >= 11 is 0. The van der Waals surface area contributed by atoms with E-state index in [1.165, 1.54) is 5.56 Å². The van der Waals surface area contributed by atoms with Crippen LogP contribution in [-0.4, -0.2) is 33.6 Å². The molecule has 2 aromatic carbocycles. The third-order valence-electron chi connectivity index (χ3n) is 7.12. The Balaban J connectivity index is 1.51. The second-order valence-corrected chi connectivity index (χ2v) is 9.15. The summed E-state index contributed by atoms with van der Waals surface area (Å²) in [5, 5.41) is 9.43. The normalized spacial score (nSPS) is 19.5. The molecule has 1 aliphatic rings. The highest BCUT2D eigenvalue weighted by atomic mass is 16.3. The van der Waals surface area contributed by atoms with Crippen LogP contribution >= 0.6 is 0 Å². The molecule has 172 valence electrons. The third kappa shape index (κ3) is 4.79. The van der Waals surface area contributed by atoms with Crippen LogP contribution in [0, 0.1) is 0 Å². The highest BCUT2D eigenvalue weighted by Gasteiger charge is 2.41. The van der Waals surface area contributed by atoms with Crippen molar-refractivity contribution in [2.45, 2.75) is 44.1 Å². The number of hydrogen-bond acceptors (Lipinski definition) is 3. The van der Waals surface area contributed by atoms with Crippen molar-refractivity contribution in [3.63, 3.8) is 0 Å². The third-order valence-corrected chi connectivity index (χ3v) is 7.12. The number of amides is 1. The molecule has 0 spiro atoms. The summed E-state index contributed by atoms with van der Waals surface area (Å²) in [6, 6.07) is 21.9. The second kappa shape index (κ2) is 9.75. The van der Waals surface area contributed by atoms with Gasteiger partial charge in [0.25, 0.3) is 0 Å². The lowest BCUT2D eigenvalue weighted by Crippen LogP contribution is -2.47. The molecule has 0 bridgehead atoms. The Bertz CT molecular complexity index is 1150. The summed E-state index contributed by atoms with van der Waals surface area (Å²) in [5.74, 6) is 0.165. The Morgan fingerprint density at radius 1 is 0.970 bits per heavy atom. The van der Waals surface area contributed by atoms with E-state index in [-0.39, 0.29) is 29.5 Å². The zero-order valence-electron chi connectivity index (χ0n) is 19.4. The number of carbonyl (C=O) groups is 1. The van der Waals surface area contributed by atoms with Crippen molar-refractivity contribution in [3.05, 3.63) is 94.4 Å². The molecule has 1 N–H and O–H groups in total. The number of likely N-dealkylation sites (tertiary alicyclic amines) is 1. The molecule has 2 heterocycles. The first-order valence-electron chi connectivity index (χ1n) is 11.7. The smallest absolute Gasteiger partial charge is 0.250 e. The van der Waals surface area contributed by atoms with Crippen LogP contribution < -0.4 is 5.56 Å². The van der Waals surface area contributed by atoms with Crippen LogP contribution in [0.4, 0.5) is 0 Å². The molecule has 3 aromatic rings. The Morgan fingerprint density at radius 2 is 1.67 bits per heavy atom. The largest absolute Gasteiger partial charge is 0.396 e. The zero-order chi connectivity index (χ0) is 23.4. The van der Waals surface area contributed by atoms with Gasteiger partial charge in [0.05, 0.1) is 6.04 Å². The molecule has 0 radical (unpaired) electrons. The van der Waals surface area contributed by atoms with E-state index >= 15 is 0 Å². The molecule has 1 amide bonds. The minimum absolute atomic E-state index is 0.0155. The first-order valence-corrected chi connectivity index (χ1v) is 11.7. The second-order valence-electron chi connectivity index (χ2n) is 9.15. The Labute approximate surface area is 195 Å². The summed E-state index contributed by atoms with van der Waals surface area (Å²) in [6.45, 7) is 2.93. The van der Waals surface area contributed by atoms with Gasteiger partial charge in [-0.3, -0.25) is 9.59 Å². The topological polar surface area (TPSA) is 62.5 Å². The van der Waals surface area contributed by atoms with Crippen molar-refractivity contribution in [2.75, 3.05) is 13.2 Å². The van der Waals surface area contributed by atoms with Crippen LogP contribution in [0.15, 0.2) is 77.7 Å². The number of aliphatic hydroxyl groups excluding tert-OH is 1. The quantitative estimate of drug-likeness (QED) is 0.586. The Hall–Kier alpha value is -3.18. The van der Waals surface area contributed by atoms with E-state index in [0.29, 0.717) is 19.4 Å². The molecule has 0 saturated carbocycles. The van der Waals surface area contributed by atoms with Crippen LogP contribution in [0.5, 0.6) is 0 Å². The van der Waals surface area contributed by atoms with Gasteiger partial charge in [-0.15, -0.1) is 0 Å². The number of aromatic nitrogens is 1. The molecule has 0 unspecified atom stereocenters. The van der Waals surface area contributed by atoms with Crippen LogP contribution in [0.25, 0.3) is 11.1 Å². The number of carbonyl (C=O) groups excluding carboxylic acids is 1. The van der Waals surface area contributed by atoms with Gasteiger partial charge in [0.1, 0.15) is 0 Å². The molecule has 33 heavy (non-hydrogen) atoms. The maximum absolute atomic E-state index is 13.4. The predicted octanol–water partition coefficient (Wildman–Crippen LogP) is 4.45. The number of rotatable bonds is 7. The predicted molar refractivity (Wildman–Crippen MR) is 131 cm³/mol. The average molecular weight is 445 g/mol. The highest BCUT2D eigenvalue weighted by molar-refractivity contribution is 5.79.